The summed E-state index contributed by atoms with van der Waals surface area (Å²) in [6, 6.07) is 12.8. The molecule has 2 N–H and O–H groups in total. The number of aromatic amines is 2. The Morgan fingerprint density at radius 3 is 2.81 bits per heavy atom. The fraction of sp³-hybridized carbons (Fsp3) is 0.125. The first-order chi connectivity index (χ1) is 10.2. The Bertz CT molecular complexity index is 907. The van der Waals surface area contributed by atoms with Crippen LogP contribution in [0.2, 0.25) is 0 Å². The van der Waals surface area contributed by atoms with Crippen molar-refractivity contribution >= 4 is 16.8 Å². The molecule has 2 aromatic carbocycles. The van der Waals surface area contributed by atoms with Crippen LogP contribution in [0.25, 0.3) is 11.0 Å². The summed E-state index contributed by atoms with van der Waals surface area (Å²) in [5, 5.41) is 0. The summed E-state index contributed by atoms with van der Waals surface area (Å²) in [6.45, 7) is 0.361. The molecular formula is C16H12N2O3. The van der Waals surface area contributed by atoms with E-state index >= 15 is 0 Å². The lowest BCUT2D eigenvalue weighted by molar-refractivity contribution is 0.0947. The SMILES string of the molecule is O=C(c1ccc2[nH]c(=O)[nH]c2c1)C1COc2ccccc21. The van der Waals surface area contributed by atoms with Crippen molar-refractivity contribution in [1.29, 1.82) is 0 Å². The van der Waals surface area contributed by atoms with Gasteiger partial charge in [-0.15, -0.1) is 0 Å². The molecule has 0 fully saturated rings. The highest BCUT2D eigenvalue weighted by Gasteiger charge is 2.30. The standard InChI is InChI=1S/C16H12N2O3/c19-15(11-8-21-14-4-2-1-3-10(11)14)9-5-6-12-13(7-9)18-16(20)17-12/h1-7,11H,8H2,(H2,17,18,20). The smallest absolute Gasteiger partial charge is 0.323 e. The van der Waals surface area contributed by atoms with Crippen LogP contribution < -0.4 is 10.4 Å². The normalized spacial score (nSPS) is 16.7. The van der Waals surface area contributed by atoms with Gasteiger partial charge in [0.25, 0.3) is 0 Å². The van der Waals surface area contributed by atoms with Crippen LogP contribution in [0.5, 0.6) is 5.75 Å². The van der Waals surface area contributed by atoms with Gasteiger partial charge in [0.2, 0.25) is 0 Å². The molecule has 21 heavy (non-hydrogen) atoms. The van der Waals surface area contributed by atoms with E-state index in [-0.39, 0.29) is 17.4 Å². The minimum atomic E-state index is -0.288. The highest BCUT2D eigenvalue weighted by molar-refractivity contribution is 6.03. The summed E-state index contributed by atoms with van der Waals surface area (Å²) in [7, 11) is 0. The van der Waals surface area contributed by atoms with Crippen LogP contribution in [-0.4, -0.2) is 22.4 Å². The number of ketones is 1. The van der Waals surface area contributed by atoms with Gasteiger partial charge in [0.1, 0.15) is 12.4 Å². The van der Waals surface area contributed by atoms with Crippen LogP contribution in [0, 0.1) is 0 Å². The molecule has 0 spiro atoms. The predicted molar refractivity (Wildman–Crippen MR) is 77.9 cm³/mol. The third-order valence-electron chi connectivity index (χ3n) is 3.82. The molecule has 1 aliphatic heterocycles. The van der Waals surface area contributed by atoms with Gasteiger partial charge >= 0.3 is 5.69 Å². The van der Waals surface area contributed by atoms with Gasteiger partial charge < -0.3 is 14.7 Å². The first kappa shape index (κ1) is 12.0. The lowest BCUT2D eigenvalue weighted by Crippen LogP contribution is -2.14. The Kier molecular flexibility index (Phi) is 2.47. The molecule has 1 aromatic heterocycles. The van der Waals surface area contributed by atoms with Gasteiger partial charge in [-0.25, -0.2) is 4.79 Å². The number of para-hydroxylation sites is 1. The molecule has 0 amide bonds. The summed E-state index contributed by atoms with van der Waals surface area (Å²) in [5.41, 5.74) is 2.55. The molecule has 0 aliphatic carbocycles. The van der Waals surface area contributed by atoms with Crippen LogP contribution in [-0.2, 0) is 0 Å². The zero-order chi connectivity index (χ0) is 14.4. The number of H-pyrrole nitrogens is 2. The molecule has 0 bridgehead atoms. The Balaban J connectivity index is 1.75. The maximum absolute atomic E-state index is 12.7. The Labute approximate surface area is 119 Å². The van der Waals surface area contributed by atoms with Crippen molar-refractivity contribution in [2.24, 2.45) is 0 Å². The highest BCUT2D eigenvalue weighted by Crippen LogP contribution is 2.35. The number of ether oxygens (including phenoxy) is 1. The van der Waals surface area contributed by atoms with E-state index < -0.39 is 0 Å². The number of imidazole rings is 1. The molecular weight excluding hydrogens is 268 g/mol. The van der Waals surface area contributed by atoms with E-state index in [9.17, 15) is 9.59 Å². The summed E-state index contributed by atoms with van der Waals surface area (Å²) in [6.07, 6.45) is 0. The number of fused-ring (bicyclic) bond motifs is 2. The minimum Gasteiger partial charge on any atom is -0.492 e. The summed E-state index contributed by atoms with van der Waals surface area (Å²) in [4.78, 5) is 29.3. The molecule has 0 radical (unpaired) electrons. The topological polar surface area (TPSA) is 75.0 Å². The predicted octanol–water partition coefficient (Wildman–Crippen LogP) is 2.22. The van der Waals surface area contributed by atoms with E-state index in [4.69, 9.17) is 4.74 Å². The molecule has 5 heteroatoms. The number of carbonyl (C=O) groups is 1. The van der Waals surface area contributed by atoms with Crippen molar-refractivity contribution in [3.8, 4) is 5.75 Å². The quantitative estimate of drug-likeness (QED) is 0.707. The van der Waals surface area contributed by atoms with E-state index in [1.165, 1.54) is 0 Å². The lowest BCUT2D eigenvalue weighted by atomic mass is 9.92. The van der Waals surface area contributed by atoms with Crippen LogP contribution in [0.4, 0.5) is 0 Å². The summed E-state index contributed by atoms with van der Waals surface area (Å²) >= 11 is 0. The van der Waals surface area contributed by atoms with E-state index in [0.29, 0.717) is 23.2 Å². The van der Waals surface area contributed by atoms with Crippen molar-refractivity contribution in [3.05, 3.63) is 64.1 Å². The van der Waals surface area contributed by atoms with Gasteiger partial charge in [0, 0.05) is 11.1 Å². The maximum Gasteiger partial charge on any atom is 0.323 e. The molecule has 4 rings (SSSR count). The van der Waals surface area contributed by atoms with E-state index in [1.54, 1.807) is 18.2 Å². The number of nitrogens with one attached hydrogen (secondary N) is 2. The zero-order valence-electron chi connectivity index (χ0n) is 11.1. The lowest BCUT2D eigenvalue weighted by Gasteiger charge is -2.07. The second kappa shape index (κ2) is 4.34. The monoisotopic (exact) mass is 280 g/mol. The Morgan fingerprint density at radius 1 is 1.10 bits per heavy atom. The molecule has 1 unspecified atom stereocenters. The maximum atomic E-state index is 12.7. The van der Waals surface area contributed by atoms with Crippen LogP contribution >= 0.6 is 0 Å². The van der Waals surface area contributed by atoms with Crippen molar-refractivity contribution < 1.29 is 9.53 Å². The molecule has 0 saturated carbocycles. The molecule has 3 aromatic rings. The number of Topliss-reactive ketones (excluding diaryl/α,β-unsaturated/α-hetero) is 1. The fourth-order valence-electron chi connectivity index (χ4n) is 2.77. The number of benzene rings is 2. The van der Waals surface area contributed by atoms with E-state index in [1.807, 2.05) is 24.3 Å². The van der Waals surface area contributed by atoms with Gasteiger partial charge in [-0.1, -0.05) is 18.2 Å². The summed E-state index contributed by atoms with van der Waals surface area (Å²) < 4.78 is 5.56. The Hall–Kier alpha value is -2.82. The van der Waals surface area contributed by atoms with Crippen molar-refractivity contribution in [3.63, 3.8) is 0 Å². The van der Waals surface area contributed by atoms with Crippen molar-refractivity contribution in [1.82, 2.24) is 9.97 Å². The minimum absolute atomic E-state index is 0.00361. The second-order valence-electron chi connectivity index (χ2n) is 5.11. The number of hydrogen-bond donors (Lipinski definition) is 2. The first-order valence-electron chi connectivity index (χ1n) is 6.70. The van der Waals surface area contributed by atoms with Crippen LogP contribution in [0.3, 0.4) is 0 Å². The molecule has 5 nitrogen and oxygen atoms in total. The average molecular weight is 280 g/mol. The van der Waals surface area contributed by atoms with Crippen molar-refractivity contribution in [2.45, 2.75) is 5.92 Å². The van der Waals surface area contributed by atoms with Gasteiger partial charge in [0.15, 0.2) is 5.78 Å². The van der Waals surface area contributed by atoms with Crippen LogP contribution in [0.1, 0.15) is 21.8 Å². The molecule has 1 atom stereocenters. The molecule has 104 valence electrons. The van der Waals surface area contributed by atoms with Crippen molar-refractivity contribution in [2.75, 3.05) is 6.61 Å². The third kappa shape index (κ3) is 1.86. The number of hydrogen-bond acceptors (Lipinski definition) is 3. The third-order valence-corrected chi connectivity index (χ3v) is 3.82. The number of aromatic nitrogens is 2. The zero-order valence-corrected chi connectivity index (χ0v) is 11.1. The van der Waals surface area contributed by atoms with Crippen LogP contribution in [0.15, 0.2) is 47.3 Å². The van der Waals surface area contributed by atoms with E-state index in [0.717, 1.165) is 11.3 Å². The number of rotatable bonds is 2. The Morgan fingerprint density at radius 2 is 1.90 bits per heavy atom. The van der Waals surface area contributed by atoms with E-state index in [2.05, 4.69) is 9.97 Å². The molecule has 0 saturated heterocycles. The first-order valence-corrected chi connectivity index (χ1v) is 6.70. The fourth-order valence-corrected chi connectivity index (χ4v) is 2.77. The summed E-state index contributed by atoms with van der Waals surface area (Å²) in [5.74, 6) is 0.486. The van der Waals surface area contributed by atoms with Gasteiger partial charge in [-0.05, 0) is 24.3 Å². The van der Waals surface area contributed by atoms with Gasteiger partial charge in [0.05, 0.1) is 17.0 Å². The second-order valence-corrected chi connectivity index (χ2v) is 5.11. The average Bonchev–Trinajstić information content (AvgIpc) is 3.07. The largest absolute Gasteiger partial charge is 0.492 e. The molecule has 2 heterocycles. The molecule has 1 aliphatic rings. The number of carbonyl (C=O) groups excluding carboxylic acids is 1. The highest BCUT2D eigenvalue weighted by atomic mass is 16.5. The van der Waals surface area contributed by atoms with Gasteiger partial charge in [-0.3, -0.25) is 4.79 Å². The van der Waals surface area contributed by atoms with Gasteiger partial charge in [-0.2, -0.15) is 0 Å².